The summed E-state index contributed by atoms with van der Waals surface area (Å²) in [5.41, 5.74) is 2.92. The van der Waals surface area contributed by atoms with Crippen molar-refractivity contribution in [2.24, 2.45) is 0 Å². The predicted molar refractivity (Wildman–Crippen MR) is 152 cm³/mol. The van der Waals surface area contributed by atoms with Crippen LogP contribution in [0.15, 0.2) is 91.5 Å². The van der Waals surface area contributed by atoms with Gasteiger partial charge in [-0.3, -0.25) is 9.78 Å². The summed E-state index contributed by atoms with van der Waals surface area (Å²) in [5.74, 6) is -0.573. The molecule has 0 spiro atoms. The minimum absolute atomic E-state index is 0.104. The standard InChI is InChI=1S/C29H25Cl2N5O3/c1-39-28(38)25(35-27(37)26-23(30)8-3-9-24(26)31)10-2-6-20-11-13-22(14-12-20)36(29-33-16-5-17-34-29)19-21-7-4-15-32-18-21/h2-9,11-18,25H,10,19H2,1H3,(H,35,37)/b6-2+. The highest BCUT2D eigenvalue weighted by Crippen LogP contribution is 2.26. The van der Waals surface area contributed by atoms with Crippen molar-refractivity contribution in [2.45, 2.75) is 19.0 Å². The lowest BCUT2D eigenvalue weighted by Gasteiger charge is -2.22. The Morgan fingerprint density at radius 2 is 1.69 bits per heavy atom. The highest BCUT2D eigenvalue weighted by atomic mass is 35.5. The molecule has 1 N–H and O–H groups in total. The molecule has 1 atom stereocenters. The summed E-state index contributed by atoms with van der Waals surface area (Å²) < 4.78 is 4.87. The van der Waals surface area contributed by atoms with Gasteiger partial charge in [-0.2, -0.15) is 0 Å². The van der Waals surface area contributed by atoms with Crippen molar-refractivity contribution in [3.63, 3.8) is 0 Å². The second-order valence-corrected chi connectivity index (χ2v) is 9.19. The number of carbonyl (C=O) groups excluding carboxylic acids is 2. The van der Waals surface area contributed by atoms with Crippen molar-refractivity contribution in [1.82, 2.24) is 20.3 Å². The lowest BCUT2D eigenvalue weighted by Crippen LogP contribution is -2.41. The van der Waals surface area contributed by atoms with Crippen LogP contribution in [-0.4, -0.2) is 40.0 Å². The average Bonchev–Trinajstić information content (AvgIpc) is 2.96. The average molecular weight is 562 g/mol. The van der Waals surface area contributed by atoms with Crippen LogP contribution in [0.2, 0.25) is 10.0 Å². The number of amides is 1. The number of rotatable bonds is 10. The minimum Gasteiger partial charge on any atom is -0.467 e. The highest BCUT2D eigenvalue weighted by Gasteiger charge is 2.23. The second-order valence-electron chi connectivity index (χ2n) is 8.37. The monoisotopic (exact) mass is 561 g/mol. The molecule has 0 saturated heterocycles. The molecule has 8 nitrogen and oxygen atoms in total. The first-order valence-electron chi connectivity index (χ1n) is 12.0. The summed E-state index contributed by atoms with van der Waals surface area (Å²) in [7, 11) is 1.26. The van der Waals surface area contributed by atoms with Crippen molar-refractivity contribution in [2.75, 3.05) is 12.0 Å². The zero-order valence-corrected chi connectivity index (χ0v) is 22.5. The Kier molecular flexibility index (Phi) is 9.61. The van der Waals surface area contributed by atoms with Crippen LogP contribution in [0.5, 0.6) is 0 Å². The van der Waals surface area contributed by atoms with E-state index in [0.29, 0.717) is 12.5 Å². The van der Waals surface area contributed by atoms with Gasteiger partial charge in [0.2, 0.25) is 5.95 Å². The zero-order valence-electron chi connectivity index (χ0n) is 21.0. The van der Waals surface area contributed by atoms with Gasteiger partial charge in [0.15, 0.2) is 0 Å². The molecule has 10 heteroatoms. The first kappa shape index (κ1) is 27.8. The number of nitrogens with one attached hydrogen (secondary N) is 1. The molecule has 198 valence electrons. The van der Waals surface area contributed by atoms with Gasteiger partial charge in [0.05, 0.1) is 29.3 Å². The molecule has 0 aliphatic carbocycles. The quantitative estimate of drug-likeness (QED) is 0.241. The topological polar surface area (TPSA) is 97.3 Å². The van der Waals surface area contributed by atoms with Gasteiger partial charge in [0.25, 0.3) is 5.91 Å². The number of anilines is 2. The maximum atomic E-state index is 12.8. The summed E-state index contributed by atoms with van der Waals surface area (Å²) in [6.45, 7) is 0.545. The third-order valence-corrected chi connectivity index (χ3v) is 6.35. The number of esters is 1. The van der Waals surface area contributed by atoms with E-state index in [4.69, 9.17) is 27.9 Å². The van der Waals surface area contributed by atoms with Gasteiger partial charge < -0.3 is 15.0 Å². The number of nitrogens with zero attached hydrogens (tertiary/aromatic N) is 4. The zero-order chi connectivity index (χ0) is 27.6. The van der Waals surface area contributed by atoms with E-state index in [-0.39, 0.29) is 22.0 Å². The molecule has 0 saturated carbocycles. The lowest BCUT2D eigenvalue weighted by molar-refractivity contribution is -0.142. The number of halogens is 2. The number of benzene rings is 2. The van der Waals surface area contributed by atoms with Crippen LogP contribution < -0.4 is 10.2 Å². The van der Waals surface area contributed by atoms with E-state index in [1.807, 2.05) is 53.6 Å². The van der Waals surface area contributed by atoms with Crippen LogP contribution in [0.25, 0.3) is 6.08 Å². The Bertz CT molecular complexity index is 1410. The molecule has 0 bridgehead atoms. The Morgan fingerprint density at radius 1 is 0.974 bits per heavy atom. The Balaban J connectivity index is 1.47. The SMILES string of the molecule is COC(=O)C(C/C=C/c1ccc(N(Cc2cccnc2)c2ncccn2)cc1)NC(=O)c1c(Cl)cccc1Cl. The third kappa shape index (κ3) is 7.40. The van der Waals surface area contributed by atoms with Crippen LogP contribution in [0, 0.1) is 0 Å². The van der Waals surface area contributed by atoms with Gasteiger partial charge in [0, 0.05) is 30.5 Å². The summed E-state index contributed by atoms with van der Waals surface area (Å²) in [6.07, 6.45) is 10.8. The van der Waals surface area contributed by atoms with E-state index in [2.05, 4.69) is 20.3 Å². The van der Waals surface area contributed by atoms with E-state index in [0.717, 1.165) is 16.8 Å². The number of methoxy groups -OCH3 is 1. The van der Waals surface area contributed by atoms with Crippen molar-refractivity contribution < 1.29 is 14.3 Å². The number of carbonyl (C=O) groups is 2. The van der Waals surface area contributed by atoms with E-state index < -0.39 is 17.9 Å². The Labute approximate surface area is 236 Å². The number of aromatic nitrogens is 3. The molecule has 2 aromatic carbocycles. The van der Waals surface area contributed by atoms with Gasteiger partial charge in [-0.1, -0.05) is 59.6 Å². The number of pyridine rings is 1. The fourth-order valence-corrected chi connectivity index (χ4v) is 4.36. The maximum absolute atomic E-state index is 12.8. The summed E-state index contributed by atoms with van der Waals surface area (Å²) in [6, 6.07) is 17.3. The maximum Gasteiger partial charge on any atom is 0.328 e. The summed E-state index contributed by atoms with van der Waals surface area (Å²) in [4.78, 5) is 40.1. The highest BCUT2D eigenvalue weighted by molar-refractivity contribution is 6.39. The van der Waals surface area contributed by atoms with Crippen molar-refractivity contribution in [3.05, 3.63) is 118 Å². The first-order chi connectivity index (χ1) is 19.0. The number of ether oxygens (including phenoxy) is 1. The molecule has 0 aliphatic rings. The van der Waals surface area contributed by atoms with Crippen LogP contribution >= 0.6 is 23.2 Å². The van der Waals surface area contributed by atoms with Crippen LogP contribution in [0.4, 0.5) is 11.6 Å². The van der Waals surface area contributed by atoms with Crippen molar-refractivity contribution in [1.29, 1.82) is 0 Å². The predicted octanol–water partition coefficient (Wildman–Crippen LogP) is 5.89. The third-order valence-electron chi connectivity index (χ3n) is 5.72. The molecule has 1 amide bonds. The minimum atomic E-state index is -0.921. The fraction of sp³-hybridized carbons (Fsp3) is 0.138. The van der Waals surface area contributed by atoms with Gasteiger partial charge in [-0.15, -0.1) is 0 Å². The molecule has 4 rings (SSSR count). The van der Waals surface area contributed by atoms with E-state index >= 15 is 0 Å². The van der Waals surface area contributed by atoms with Crippen molar-refractivity contribution >= 4 is 52.8 Å². The van der Waals surface area contributed by atoms with Crippen LogP contribution in [0.1, 0.15) is 27.9 Å². The van der Waals surface area contributed by atoms with E-state index in [1.54, 1.807) is 48.9 Å². The Morgan fingerprint density at radius 3 is 2.33 bits per heavy atom. The summed E-state index contributed by atoms with van der Waals surface area (Å²) >= 11 is 12.3. The Hall–Kier alpha value is -4.27. The molecule has 2 aromatic heterocycles. The smallest absolute Gasteiger partial charge is 0.328 e. The van der Waals surface area contributed by atoms with Gasteiger partial charge >= 0.3 is 5.97 Å². The molecule has 4 aromatic rings. The number of hydrogen-bond acceptors (Lipinski definition) is 7. The van der Waals surface area contributed by atoms with Gasteiger partial charge in [-0.05, 0) is 53.9 Å². The normalized spacial score (nSPS) is 11.7. The number of hydrogen-bond donors (Lipinski definition) is 1. The van der Waals surface area contributed by atoms with Crippen LogP contribution in [-0.2, 0) is 16.1 Å². The molecule has 1 unspecified atom stereocenters. The summed E-state index contributed by atoms with van der Waals surface area (Å²) in [5, 5.41) is 3.04. The van der Waals surface area contributed by atoms with Crippen LogP contribution in [0.3, 0.4) is 0 Å². The second kappa shape index (κ2) is 13.5. The molecular formula is C29H25Cl2N5O3. The fourth-order valence-electron chi connectivity index (χ4n) is 3.79. The molecule has 0 aliphatic heterocycles. The van der Waals surface area contributed by atoms with E-state index in [1.165, 1.54) is 7.11 Å². The molecular weight excluding hydrogens is 537 g/mol. The molecule has 39 heavy (non-hydrogen) atoms. The van der Waals surface area contributed by atoms with Gasteiger partial charge in [-0.25, -0.2) is 14.8 Å². The molecule has 0 radical (unpaired) electrons. The van der Waals surface area contributed by atoms with Gasteiger partial charge in [0.1, 0.15) is 6.04 Å². The lowest BCUT2D eigenvalue weighted by atomic mass is 10.1. The molecule has 0 fully saturated rings. The van der Waals surface area contributed by atoms with Crippen molar-refractivity contribution in [3.8, 4) is 0 Å². The molecule has 2 heterocycles. The van der Waals surface area contributed by atoms with E-state index in [9.17, 15) is 9.59 Å². The largest absolute Gasteiger partial charge is 0.467 e. The first-order valence-corrected chi connectivity index (χ1v) is 12.7.